The number of anilines is 1. The normalized spacial score (nSPS) is 10.4. The van der Waals surface area contributed by atoms with Crippen LogP contribution in [-0.4, -0.2) is 17.9 Å². The van der Waals surface area contributed by atoms with E-state index in [0.717, 1.165) is 0 Å². The van der Waals surface area contributed by atoms with Gasteiger partial charge in [0.2, 0.25) is 5.91 Å². The van der Waals surface area contributed by atoms with E-state index in [2.05, 4.69) is 5.32 Å². The van der Waals surface area contributed by atoms with Crippen molar-refractivity contribution in [1.29, 1.82) is 0 Å². The van der Waals surface area contributed by atoms with Gasteiger partial charge in [-0.05, 0) is 62.7 Å². The van der Waals surface area contributed by atoms with Crippen molar-refractivity contribution in [3.63, 3.8) is 0 Å². The first kappa shape index (κ1) is 16.5. The number of hydrogen-bond donors (Lipinski definition) is 2. The molecule has 0 unspecified atom stereocenters. The lowest BCUT2D eigenvalue weighted by Crippen LogP contribution is -2.16. The molecule has 0 radical (unpaired) electrons. The second kappa shape index (κ2) is 6.96. The summed E-state index contributed by atoms with van der Waals surface area (Å²) in [7, 11) is 0. The SMILES string of the molecule is Cc1c(NC(=O)c2ccc(OC(C)C)cc2)cccc1C(N)=O. The van der Waals surface area contributed by atoms with E-state index in [9.17, 15) is 9.59 Å². The van der Waals surface area contributed by atoms with Crippen LogP contribution in [0.2, 0.25) is 0 Å². The Morgan fingerprint density at radius 2 is 1.74 bits per heavy atom. The largest absolute Gasteiger partial charge is 0.491 e. The van der Waals surface area contributed by atoms with Gasteiger partial charge in [-0.2, -0.15) is 0 Å². The van der Waals surface area contributed by atoms with Crippen molar-refractivity contribution in [2.45, 2.75) is 26.9 Å². The lowest BCUT2D eigenvalue weighted by atomic mass is 10.1. The monoisotopic (exact) mass is 312 g/mol. The molecule has 3 N–H and O–H groups in total. The Balaban J connectivity index is 2.16. The molecule has 0 heterocycles. The van der Waals surface area contributed by atoms with Crippen molar-refractivity contribution in [2.75, 3.05) is 5.32 Å². The minimum Gasteiger partial charge on any atom is -0.491 e. The number of nitrogens with two attached hydrogens (primary N) is 1. The summed E-state index contributed by atoms with van der Waals surface area (Å²) in [6.07, 6.45) is 0.0777. The van der Waals surface area contributed by atoms with Crippen LogP contribution in [0.4, 0.5) is 5.69 Å². The highest BCUT2D eigenvalue weighted by atomic mass is 16.5. The molecule has 0 fully saturated rings. The summed E-state index contributed by atoms with van der Waals surface area (Å²) in [5, 5.41) is 2.79. The molecule has 0 spiro atoms. The Morgan fingerprint density at radius 3 is 2.30 bits per heavy atom. The molecule has 2 amide bonds. The number of primary amides is 1. The second-order valence-corrected chi connectivity index (χ2v) is 5.49. The summed E-state index contributed by atoms with van der Waals surface area (Å²) >= 11 is 0. The van der Waals surface area contributed by atoms with Gasteiger partial charge in [-0.25, -0.2) is 0 Å². The van der Waals surface area contributed by atoms with E-state index in [4.69, 9.17) is 10.5 Å². The fraction of sp³-hybridized carbons (Fsp3) is 0.222. The van der Waals surface area contributed by atoms with E-state index in [1.807, 2.05) is 13.8 Å². The number of benzene rings is 2. The highest BCUT2D eigenvalue weighted by molar-refractivity contribution is 6.06. The van der Waals surface area contributed by atoms with Gasteiger partial charge >= 0.3 is 0 Å². The van der Waals surface area contributed by atoms with E-state index in [0.29, 0.717) is 28.1 Å². The fourth-order valence-electron chi connectivity index (χ4n) is 2.19. The van der Waals surface area contributed by atoms with Crippen LogP contribution in [0.5, 0.6) is 5.75 Å². The standard InChI is InChI=1S/C18H20N2O3/c1-11(2)23-14-9-7-13(8-10-14)18(22)20-16-6-4-5-15(12(16)3)17(19)21/h4-11H,1-3H3,(H2,19,21)(H,20,22). The third-order valence-corrected chi connectivity index (χ3v) is 3.34. The topological polar surface area (TPSA) is 81.4 Å². The van der Waals surface area contributed by atoms with Crippen molar-refractivity contribution >= 4 is 17.5 Å². The highest BCUT2D eigenvalue weighted by Gasteiger charge is 2.12. The smallest absolute Gasteiger partial charge is 0.255 e. The summed E-state index contributed by atoms with van der Waals surface area (Å²) < 4.78 is 5.55. The number of hydrogen-bond acceptors (Lipinski definition) is 3. The molecule has 2 rings (SSSR count). The molecule has 0 aliphatic carbocycles. The molecule has 0 bridgehead atoms. The van der Waals surface area contributed by atoms with Crippen molar-refractivity contribution in [1.82, 2.24) is 0 Å². The zero-order valence-corrected chi connectivity index (χ0v) is 13.4. The molecule has 0 aliphatic heterocycles. The number of nitrogens with one attached hydrogen (secondary N) is 1. The van der Waals surface area contributed by atoms with Gasteiger partial charge in [-0.3, -0.25) is 9.59 Å². The first-order valence-electron chi connectivity index (χ1n) is 7.36. The van der Waals surface area contributed by atoms with E-state index in [1.54, 1.807) is 49.4 Å². The number of amides is 2. The molecule has 120 valence electrons. The van der Waals surface area contributed by atoms with Crippen LogP contribution in [0.25, 0.3) is 0 Å². The van der Waals surface area contributed by atoms with Gasteiger partial charge < -0.3 is 15.8 Å². The Labute approximate surface area is 135 Å². The fourth-order valence-corrected chi connectivity index (χ4v) is 2.19. The average Bonchev–Trinajstić information content (AvgIpc) is 2.49. The number of ether oxygens (including phenoxy) is 1. The van der Waals surface area contributed by atoms with Gasteiger partial charge in [0, 0.05) is 16.8 Å². The maximum Gasteiger partial charge on any atom is 0.255 e. The molecule has 5 heteroatoms. The molecule has 2 aromatic rings. The van der Waals surface area contributed by atoms with Crippen LogP contribution in [0, 0.1) is 6.92 Å². The van der Waals surface area contributed by atoms with Crippen LogP contribution in [0.3, 0.4) is 0 Å². The van der Waals surface area contributed by atoms with Crippen LogP contribution < -0.4 is 15.8 Å². The molecule has 5 nitrogen and oxygen atoms in total. The van der Waals surface area contributed by atoms with Crippen LogP contribution in [0.1, 0.15) is 40.1 Å². The summed E-state index contributed by atoms with van der Waals surface area (Å²) in [6, 6.07) is 11.9. The van der Waals surface area contributed by atoms with Crippen molar-refractivity contribution in [3.05, 3.63) is 59.2 Å². The van der Waals surface area contributed by atoms with E-state index in [1.165, 1.54) is 0 Å². The molecule has 0 aromatic heterocycles. The van der Waals surface area contributed by atoms with Gasteiger partial charge in [0.1, 0.15) is 5.75 Å². The van der Waals surface area contributed by atoms with Gasteiger partial charge in [0.15, 0.2) is 0 Å². The Bertz CT molecular complexity index is 722. The van der Waals surface area contributed by atoms with Gasteiger partial charge in [-0.1, -0.05) is 6.07 Å². The first-order valence-corrected chi connectivity index (χ1v) is 7.36. The minimum atomic E-state index is -0.520. The number of carbonyl (C=O) groups excluding carboxylic acids is 2. The third-order valence-electron chi connectivity index (χ3n) is 3.34. The van der Waals surface area contributed by atoms with Crippen molar-refractivity contribution < 1.29 is 14.3 Å². The van der Waals surface area contributed by atoms with Crippen LogP contribution in [-0.2, 0) is 0 Å². The molecular formula is C18H20N2O3. The van der Waals surface area contributed by atoms with Crippen molar-refractivity contribution in [2.24, 2.45) is 5.73 Å². The molecule has 2 aromatic carbocycles. The molecule has 0 atom stereocenters. The predicted octanol–water partition coefficient (Wildman–Crippen LogP) is 3.13. The number of carbonyl (C=O) groups is 2. The zero-order valence-electron chi connectivity index (χ0n) is 13.4. The average molecular weight is 312 g/mol. The van der Waals surface area contributed by atoms with E-state index < -0.39 is 5.91 Å². The van der Waals surface area contributed by atoms with E-state index in [-0.39, 0.29) is 12.0 Å². The Hall–Kier alpha value is -2.82. The summed E-state index contributed by atoms with van der Waals surface area (Å²) in [6.45, 7) is 5.62. The van der Waals surface area contributed by atoms with Crippen molar-refractivity contribution in [3.8, 4) is 5.75 Å². The second-order valence-electron chi connectivity index (χ2n) is 5.49. The number of rotatable bonds is 5. The predicted molar refractivity (Wildman–Crippen MR) is 89.9 cm³/mol. The molecule has 23 heavy (non-hydrogen) atoms. The molecule has 0 saturated heterocycles. The van der Waals surface area contributed by atoms with Gasteiger partial charge in [-0.15, -0.1) is 0 Å². The summed E-state index contributed by atoms with van der Waals surface area (Å²) in [5.41, 5.74) is 7.42. The lowest BCUT2D eigenvalue weighted by Gasteiger charge is -2.12. The van der Waals surface area contributed by atoms with Crippen LogP contribution >= 0.6 is 0 Å². The Morgan fingerprint density at radius 1 is 1.09 bits per heavy atom. The molecule has 0 saturated carbocycles. The van der Waals surface area contributed by atoms with Crippen LogP contribution in [0.15, 0.2) is 42.5 Å². The van der Waals surface area contributed by atoms with E-state index >= 15 is 0 Å². The highest BCUT2D eigenvalue weighted by Crippen LogP contribution is 2.20. The maximum atomic E-state index is 12.3. The van der Waals surface area contributed by atoms with Gasteiger partial charge in [0.25, 0.3) is 5.91 Å². The quantitative estimate of drug-likeness (QED) is 0.890. The third kappa shape index (κ3) is 4.10. The maximum absolute atomic E-state index is 12.3. The Kier molecular flexibility index (Phi) is 5.01. The first-order chi connectivity index (χ1) is 10.9. The van der Waals surface area contributed by atoms with Gasteiger partial charge in [0.05, 0.1) is 6.10 Å². The zero-order chi connectivity index (χ0) is 17.0. The minimum absolute atomic E-state index is 0.0777. The summed E-state index contributed by atoms with van der Waals surface area (Å²) in [4.78, 5) is 23.7. The lowest BCUT2D eigenvalue weighted by molar-refractivity contribution is 0.0995. The molecular weight excluding hydrogens is 292 g/mol. The summed E-state index contributed by atoms with van der Waals surface area (Å²) in [5.74, 6) is -0.0666. The molecule has 0 aliphatic rings.